The van der Waals surface area contributed by atoms with E-state index in [-0.39, 0.29) is 26.2 Å². The fourth-order valence-electron chi connectivity index (χ4n) is 3.04. The van der Waals surface area contributed by atoms with E-state index in [1.54, 1.807) is 0 Å². The van der Waals surface area contributed by atoms with Gasteiger partial charge < -0.3 is 0 Å². The highest BCUT2D eigenvalue weighted by molar-refractivity contribution is 8.05. The van der Waals surface area contributed by atoms with Gasteiger partial charge in [0.1, 0.15) is 0 Å². The van der Waals surface area contributed by atoms with Crippen LogP contribution < -0.4 is 0 Å². The molecule has 0 radical (unpaired) electrons. The third-order valence-electron chi connectivity index (χ3n) is 4.43. The van der Waals surface area contributed by atoms with Crippen LogP contribution in [0.4, 0.5) is 0 Å². The summed E-state index contributed by atoms with van der Waals surface area (Å²) in [6.45, 7) is 4.64. The summed E-state index contributed by atoms with van der Waals surface area (Å²) in [4.78, 5) is 0. The van der Waals surface area contributed by atoms with Crippen molar-refractivity contribution in [3.8, 4) is 0 Å². The monoisotopic (exact) mass is 438 g/mol. The highest BCUT2D eigenvalue weighted by Gasteiger charge is 2.32. The number of nitrogens with zero attached hydrogens (tertiary/aromatic N) is 2. The van der Waals surface area contributed by atoms with E-state index in [1.807, 2.05) is 74.5 Å². The van der Waals surface area contributed by atoms with Crippen molar-refractivity contribution in [3.63, 3.8) is 0 Å². The van der Waals surface area contributed by atoms with E-state index in [4.69, 9.17) is 0 Å². The molecular weight excluding hydrogens is 408 g/mol. The third-order valence-corrected chi connectivity index (χ3v) is 9.01. The van der Waals surface area contributed by atoms with Crippen LogP contribution in [0.3, 0.4) is 0 Å². The molecule has 29 heavy (non-hydrogen) atoms. The number of benzene rings is 2. The summed E-state index contributed by atoms with van der Waals surface area (Å²) in [6.07, 6.45) is 1.21. The topological polar surface area (TPSA) is 74.8 Å². The molecule has 2 aromatic carbocycles. The molecule has 0 saturated carbocycles. The van der Waals surface area contributed by atoms with Crippen molar-refractivity contribution in [3.05, 3.63) is 71.8 Å². The molecule has 2 aromatic rings. The van der Waals surface area contributed by atoms with E-state index in [2.05, 4.69) is 0 Å². The van der Waals surface area contributed by atoms with Crippen molar-refractivity contribution in [2.24, 2.45) is 0 Å². The summed E-state index contributed by atoms with van der Waals surface area (Å²) < 4.78 is 54.6. The van der Waals surface area contributed by atoms with E-state index >= 15 is 0 Å². The van der Waals surface area contributed by atoms with E-state index in [0.29, 0.717) is 12.8 Å². The standard InChI is InChI=1S/C21H30N2O4S2/c1-3-15-22(17-20-11-7-5-8-12-20)28(24,25)19-29(26,27)23(16-4-2)18-21-13-9-6-10-14-21/h5-14H,3-4,15-19H2,1-2H3. The van der Waals surface area contributed by atoms with Gasteiger partial charge in [-0.15, -0.1) is 0 Å². The number of sulfonamides is 2. The maximum absolute atomic E-state index is 13.0. The molecule has 0 saturated heterocycles. The molecule has 0 atom stereocenters. The van der Waals surface area contributed by atoms with E-state index in [0.717, 1.165) is 11.1 Å². The molecule has 0 aliphatic heterocycles. The summed E-state index contributed by atoms with van der Waals surface area (Å²) in [7, 11) is -7.98. The zero-order valence-corrected chi connectivity index (χ0v) is 18.7. The Kier molecular flexibility index (Phi) is 8.82. The minimum absolute atomic E-state index is 0.166. The van der Waals surface area contributed by atoms with Gasteiger partial charge in [-0.3, -0.25) is 0 Å². The molecule has 0 heterocycles. The second kappa shape index (κ2) is 10.9. The van der Waals surface area contributed by atoms with Crippen molar-refractivity contribution in [1.82, 2.24) is 8.61 Å². The Morgan fingerprint density at radius 2 is 0.966 bits per heavy atom. The SMILES string of the molecule is CCCN(Cc1ccccc1)S(=O)(=O)CS(=O)(=O)N(CCC)Cc1ccccc1. The molecule has 2 rings (SSSR count). The summed E-state index contributed by atoms with van der Waals surface area (Å²) >= 11 is 0. The average Bonchev–Trinajstić information content (AvgIpc) is 2.68. The van der Waals surface area contributed by atoms with E-state index < -0.39 is 25.1 Å². The molecule has 0 unspecified atom stereocenters. The molecule has 0 amide bonds. The van der Waals surface area contributed by atoms with Gasteiger partial charge in [0.2, 0.25) is 20.0 Å². The van der Waals surface area contributed by atoms with Gasteiger partial charge in [0, 0.05) is 26.2 Å². The van der Waals surface area contributed by atoms with Crippen molar-refractivity contribution in [2.45, 2.75) is 39.8 Å². The smallest absolute Gasteiger partial charge is 0.211 e. The lowest BCUT2D eigenvalue weighted by Crippen LogP contribution is -2.41. The molecule has 0 bridgehead atoms. The Bertz CT molecular complexity index is 867. The van der Waals surface area contributed by atoms with Gasteiger partial charge in [0.15, 0.2) is 5.08 Å². The summed E-state index contributed by atoms with van der Waals surface area (Å²) in [6, 6.07) is 18.4. The van der Waals surface area contributed by atoms with Gasteiger partial charge in [0.05, 0.1) is 0 Å². The van der Waals surface area contributed by atoms with Crippen LogP contribution in [0, 0.1) is 0 Å². The van der Waals surface area contributed by atoms with Gasteiger partial charge >= 0.3 is 0 Å². The molecule has 0 N–H and O–H groups in total. The molecule has 160 valence electrons. The molecule has 0 aliphatic rings. The van der Waals surface area contributed by atoms with E-state index in [9.17, 15) is 16.8 Å². The zero-order valence-electron chi connectivity index (χ0n) is 17.1. The van der Waals surface area contributed by atoms with Gasteiger partial charge in [-0.25, -0.2) is 16.8 Å². The fourth-order valence-corrected chi connectivity index (χ4v) is 7.35. The summed E-state index contributed by atoms with van der Waals surface area (Å²) in [5.41, 5.74) is 1.66. The Labute approximate surface area is 175 Å². The van der Waals surface area contributed by atoms with Gasteiger partial charge in [-0.2, -0.15) is 8.61 Å². The van der Waals surface area contributed by atoms with Crippen LogP contribution in [0.15, 0.2) is 60.7 Å². The van der Waals surface area contributed by atoms with Crippen molar-refractivity contribution < 1.29 is 16.8 Å². The quantitative estimate of drug-likeness (QED) is 0.509. The second-order valence-corrected chi connectivity index (χ2v) is 11.3. The largest absolute Gasteiger partial charge is 0.230 e. The van der Waals surface area contributed by atoms with E-state index in [1.165, 1.54) is 8.61 Å². The predicted molar refractivity (Wildman–Crippen MR) is 117 cm³/mol. The molecule has 0 spiro atoms. The lowest BCUT2D eigenvalue weighted by Gasteiger charge is -2.25. The summed E-state index contributed by atoms with van der Waals surface area (Å²) in [5.74, 6) is 0. The Morgan fingerprint density at radius 1 is 0.621 bits per heavy atom. The van der Waals surface area contributed by atoms with Crippen LogP contribution in [0.25, 0.3) is 0 Å². The minimum Gasteiger partial charge on any atom is -0.211 e. The van der Waals surface area contributed by atoms with Crippen molar-refractivity contribution >= 4 is 20.0 Å². The van der Waals surface area contributed by atoms with Crippen LogP contribution in [0.5, 0.6) is 0 Å². The van der Waals surface area contributed by atoms with Crippen LogP contribution >= 0.6 is 0 Å². The molecule has 0 fully saturated rings. The van der Waals surface area contributed by atoms with Gasteiger partial charge in [-0.05, 0) is 24.0 Å². The first-order valence-electron chi connectivity index (χ1n) is 9.82. The molecule has 6 nitrogen and oxygen atoms in total. The maximum Gasteiger partial charge on any atom is 0.230 e. The zero-order chi connectivity index (χ0) is 21.3. The third kappa shape index (κ3) is 7.22. The normalized spacial score (nSPS) is 12.6. The first-order valence-corrected chi connectivity index (χ1v) is 13.0. The van der Waals surface area contributed by atoms with Crippen LogP contribution in [0.1, 0.15) is 37.8 Å². The van der Waals surface area contributed by atoms with Crippen LogP contribution in [-0.2, 0) is 33.1 Å². The first kappa shape index (κ1) is 23.5. The predicted octanol–water partition coefficient (Wildman–Crippen LogP) is 3.43. The Balaban J connectivity index is 2.22. The highest BCUT2D eigenvalue weighted by Crippen LogP contribution is 2.17. The lowest BCUT2D eigenvalue weighted by atomic mass is 10.2. The van der Waals surface area contributed by atoms with Crippen LogP contribution in [-0.4, -0.2) is 43.6 Å². The maximum atomic E-state index is 13.0. The highest BCUT2D eigenvalue weighted by atomic mass is 32.3. The van der Waals surface area contributed by atoms with Crippen molar-refractivity contribution in [1.29, 1.82) is 0 Å². The number of hydrogen-bond donors (Lipinski definition) is 0. The van der Waals surface area contributed by atoms with Gasteiger partial charge in [0.25, 0.3) is 0 Å². The second-order valence-electron chi connectivity index (χ2n) is 6.98. The Morgan fingerprint density at radius 3 is 1.28 bits per heavy atom. The minimum atomic E-state index is -3.99. The number of hydrogen-bond acceptors (Lipinski definition) is 4. The molecule has 0 aromatic heterocycles. The van der Waals surface area contributed by atoms with Crippen LogP contribution in [0.2, 0.25) is 0 Å². The lowest BCUT2D eigenvalue weighted by molar-refractivity contribution is 0.397. The fraction of sp³-hybridized carbons (Fsp3) is 0.429. The molecule has 0 aliphatic carbocycles. The average molecular weight is 439 g/mol. The number of rotatable bonds is 12. The van der Waals surface area contributed by atoms with Crippen molar-refractivity contribution in [2.75, 3.05) is 18.2 Å². The summed E-state index contributed by atoms with van der Waals surface area (Å²) in [5, 5.41) is -0.917. The first-order chi connectivity index (χ1) is 13.8. The van der Waals surface area contributed by atoms with Gasteiger partial charge in [-0.1, -0.05) is 74.5 Å². The molecular formula is C21H30N2O4S2. The Hall–Kier alpha value is -1.74. The molecule has 8 heteroatoms.